The molecule has 35 heavy (non-hydrogen) atoms. The summed E-state index contributed by atoms with van der Waals surface area (Å²) in [4.78, 5) is 28.0. The molecule has 0 saturated heterocycles. The van der Waals surface area contributed by atoms with E-state index in [0.29, 0.717) is 11.5 Å². The van der Waals surface area contributed by atoms with Crippen LogP contribution in [0, 0.1) is 0 Å². The molecule has 10 heteroatoms. The highest BCUT2D eigenvalue weighted by atomic mass is 32.2. The molecule has 0 radical (unpaired) electrons. The van der Waals surface area contributed by atoms with Crippen LogP contribution in [0.3, 0.4) is 0 Å². The molecule has 1 unspecified atom stereocenters. The molecule has 3 rings (SSSR count). The van der Waals surface area contributed by atoms with Crippen molar-refractivity contribution in [2.45, 2.75) is 52.7 Å². The molecule has 1 aliphatic rings. The maximum Gasteiger partial charge on any atom is 0.244 e. The molecular weight excluding hydrogens is 470 g/mol. The normalized spacial score (nSPS) is 13.7. The number of benzene rings is 2. The van der Waals surface area contributed by atoms with Crippen molar-refractivity contribution in [3.63, 3.8) is 0 Å². The number of fused-ring (bicyclic) bond motifs is 1. The first-order valence-electron chi connectivity index (χ1n) is 11.5. The van der Waals surface area contributed by atoms with E-state index in [4.69, 9.17) is 9.47 Å². The van der Waals surface area contributed by atoms with E-state index in [-0.39, 0.29) is 30.7 Å². The van der Waals surface area contributed by atoms with Crippen molar-refractivity contribution in [1.29, 1.82) is 0 Å². The van der Waals surface area contributed by atoms with Gasteiger partial charge in [-0.1, -0.05) is 30.3 Å². The van der Waals surface area contributed by atoms with E-state index in [0.717, 1.165) is 9.87 Å². The van der Waals surface area contributed by atoms with Gasteiger partial charge in [-0.15, -0.1) is 0 Å². The third kappa shape index (κ3) is 6.66. The number of hydrogen-bond donors (Lipinski definition) is 1. The van der Waals surface area contributed by atoms with Crippen molar-refractivity contribution in [3.8, 4) is 11.5 Å². The van der Waals surface area contributed by atoms with Crippen LogP contribution in [0.2, 0.25) is 0 Å². The van der Waals surface area contributed by atoms with Gasteiger partial charge in [0.25, 0.3) is 0 Å². The van der Waals surface area contributed by atoms with Crippen LogP contribution in [0.25, 0.3) is 0 Å². The molecule has 0 aromatic heterocycles. The second kappa shape index (κ2) is 10.6. The summed E-state index contributed by atoms with van der Waals surface area (Å²) in [6, 6.07) is 13.2. The summed E-state index contributed by atoms with van der Waals surface area (Å²) in [6.07, 6.45) is 0. The zero-order valence-electron chi connectivity index (χ0n) is 20.8. The van der Waals surface area contributed by atoms with Crippen LogP contribution in [0.5, 0.6) is 11.5 Å². The van der Waals surface area contributed by atoms with Crippen LogP contribution in [0.1, 0.15) is 40.2 Å². The van der Waals surface area contributed by atoms with Gasteiger partial charge in [0.2, 0.25) is 28.6 Å². The lowest BCUT2D eigenvalue weighted by Gasteiger charge is -2.33. The molecule has 0 aliphatic carbocycles. The van der Waals surface area contributed by atoms with E-state index in [9.17, 15) is 18.0 Å². The maximum absolute atomic E-state index is 13.6. The Morgan fingerprint density at radius 2 is 1.71 bits per heavy atom. The number of sulfonamides is 1. The highest BCUT2D eigenvalue weighted by molar-refractivity contribution is 7.92. The molecule has 0 fully saturated rings. The quantitative estimate of drug-likeness (QED) is 0.564. The van der Waals surface area contributed by atoms with Crippen LogP contribution < -0.4 is 19.1 Å². The zero-order valence-corrected chi connectivity index (χ0v) is 21.6. The topological polar surface area (TPSA) is 105 Å². The largest absolute Gasteiger partial charge is 0.454 e. The van der Waals surface area contributed by atoms with Gasteiger partial charge in [0.1, 0.15) is 12.6 Å². The Morgan fingerprint density at radius 1 is 1.06 bits per heavy atom. The van der Waals surface area contributed by atoms with Crippen molar-refractivity contribution in [2.24, 2.45) is 0 Å². The fourth-order valence-electron chi connectivity index (χ4n) is 3.60. The van der Waals surface area contributed by atoms with Crippen molar-refractivity contribution < 1.29 is 27.5 Å². The SMILES string of the molecule is CCS(=O)(=O)N(CC(=O)N(Cc1ccccc1)C(C)C(=O)NC(C)(C)C)c1ccc2c(c1)OCO2. The predicted molar refractivity (Wildman–Crippen MR) is 134 cm³/mol. The third-order valence-electron chi connectivity index (χ3n) is 5.48. The van der Waals surface area contributed by atoms with Crippen LogP contribution in [-0.2, 0) is 26.2 Å². The molecule has 1 heterocycles. The highest BCUT2D eigenvalue weighted by Crippen LogP contribution is 2.36. The molecule has 190 valence electrons. The third-order valence-corrected chi connectivity index (χ3v) is 7.23. The number of nitrogens with zero attached hydrogens (tertiary/aromatic N) is 2. The number of carbonyl (C=O) groups excluding carboxylic acids is 2. The van der Waals surface area contributed by atoms with Crippen molar-refractivity contribution in [1.82, 2.24) is 10.2 Å². The number of ether oxygens (including phenoxy) is 2. The Hall–Kier alpha value is -3.27. The van der Waals surface area contributed by atoms with E-state index in [1.807, 2.05) is 51.1 Å². The molecule has 0 bridgehead atoms. The molecule has 0 saturated carbocycles. The summed E-state index contributed by atoms with van der Waals surface area (Å²) in [5, 5.41) is 2.90. The van der Waals surface area contributed by atoms with Gasteiger partial charge in [0, 0.05) is 18.2 Å². The van der Waals surface area contributed by atoms with Gasteiger partial charge in [-0.05, 0) is 52.3 Å². The molecular formula is C25H33N3O6S. The molecule has 2 aromatic carbocycles. The van der Waals surface area contributed by atoms with Crippen LogP contribution >= 0.6 is 0 Å². The average molecular weight is 504 g/mol. The maximum atomic E-state index is 13.6. The Bertz CT molecular complexity index is 1160. The molecule has 2 amide bonds. The van der Waals surface area contributed by atoms with Gasteiger partial charge < -0.3 is 19.7 Å². The number of carbonyl (C=O) groups is 2. The molecule has 1 aliphatic heterocycles. The monoisotopic (exact) mass is 503 g/mol. The van der Waals surface area contributed by atoms with E-state index in [1.54, 1.807) is 25.1 Å². The van der Waals surface area contributed by atoms with Crippen LogP contribution in [-0.4, -0.2) is 55.8 Å². The van der Waals surface area contributed by atoms with E-state index in [2.05, 4.69) is 5.32 Å². The first-order valence-corrected chi connectivity index (χ1v) is 13.1. The number of anilines is 1. The predicted octanol–water partition coefficient (Wildman–Crippen LogP) is 2.90. The fourth-order valence-corrected chi connectivity index (χ4v) is 4.65. The Balaban J connectivity index is 1.93. The summed E-state index contributed by atoms with van der Waals surface area (Å²) in [6.45, 7) is 8.46. The minimum atomic E-state index is -3.82. The minimum absolute atomic E-state index is 0.0451. The van der Waals surface area contributed by atoms with Crippen LogP contribution in [0.4, 0.5) is 5.69 Å². The molecule has 9 nitrogen and oxygen atoms in total. The number of nitrogens with one attached hydrogen (secondary N) is 1. The van der Waals surface area contributed by atoms with E-state index >= 15 is 0 Å². The second-order valence-electron chi connectivity index (χ2n) is 9.37. The Kier molecular flexibility index (Phi) is 7.94. The van der Waals surface area contributed by atoms with Crippen molar-refractivity contribution in [2.75, 3.05) is 23.4 Å². The molecule has 1 N–H and O–H groups in total. The lowest BCUT2D eigenvalue weighted by Crippen LogP contribution is -2.54. The van der Waals surface area contributed by atoms with Crippen LogP contribution in [0.15, 0.2) is 48.5 Å². The Morgan fingerprint density at radius 3 is 2.34 bits per heavy atom. The average Bonchev–Trinajstić information content (AvgIpc) is 3.27. The first kappa shape index (κ1) is 26.3. The molecule has 0 spiro atoms. The van der Waals surface area contributed by atoms with Gasteiger partial charge in [0.05, 0.1) is 11.4 Å². The van der Waals surface area contributed by atoms with E-state index in [1.165, 1.54) is 11.8 Å². The van der Waals surface area contributed by atoms with Gasteiger partial charge in [-0.3, -0.25) is 13.9 Å². The highest BCUT2D eigenvalue weighted by Gasteiger charge is 2.32. The lowest BCUT2D eigenvalue weighted by molar-refractivity contribution is -0.140. The summed E-state index contributed by atoms with van der Waals surface area (Å²) in [5.41, 5.74) is 0.622. The number of rotatable bonds is 9. The summed E-state index contributed by atoms with van der Waals surface area (Å²) in [5.74, 6) is -0.111. The van der Waals surface area contributed by atoms with Gasteiger partial charge >= 0.3 is 0 Å². The smallest absolute Gasteiger partial charge is 0.244 e. The fraction of sp³-hybridized carbons (Fsp3) is 0.440. The van der Waals surface area contributed by atoms with Crippen molar-refractivity contribution in [3.05, 3.63) is 54.1 Å². The second-order valence-corrected chi connectivity index (χ2v) is 11.5. The standard InChI is InChI=1S/C25H33N3O6S/c1-6-35(31,32)28(20-12-13-21-22(14-20)34-17-33-21)16-23(29)27(15-19-10-8-7-9-11-19)18(2)24(30)26-25(3,4)5/h7-14,18H,6,15-17H2,1-5H3,(H,26,30). The van der Waals surface area contributed by atoms with Gasteiger partial charge in [-0.25, -0.2) is 8.42 Å². The minimum Gasteiger partial charge on any atom is -0.454 e. The van der Waals surface area contributed by atoms with Gasteiger partial charge in [-0.2, -0.15) is 0 Å². The van der Waals surface area contributed by atoms with Crippen molar-refractivity contribution >= 4 is 27.5 Å². The lowest BCUT2D eigenvalue weighted by atomic mass is 10.1. The number of hydrogen-bond acceptors (Lipinski definition) is 6. The first-order chi connectivity index (χ1) is 16.4. The zero-order chi connectivity index (χ0) is 25.8. The molecule has 2 aromatic rings. The summed E-state index contributed by atoms with van der Waals surface area (Å²) in [7, 11) is -3.82. The van der Waals surface area contributed by atoms with E-state index < -0.39 is 34.1 Å². The Labute approximate surface area is 207 Å². The summed E-state index contributed by atoms with van der Waals surface area (Å²) < 4.78 is 37.8. The molecule has 1 atom stereocenters. The number of amides is 2. The summed E-state index contributed by atoms with van der Waals surface area (Å²) >= 11 is 0. The van der Waals surface area contributed by atoms with Gasteiger partial charge in [0.15, 0.2) is 11.5 Å².